The van der Waals surface area contributed by atoms with E-state index in [1.165, 1.54) is 0 Å². The summed E-state index contributed by atoms with van der Waals surface area (Å²) in [6, 6.07) is 12.8. The second kappa shape index (κ2) is 7.67. The summed E-state index contributed by atoms with van der Waals surface area (Å²) in [6.45, 7) is 3.72. The number of nitrogens with one attached hydrogen (secondary N) is 2. The van der Waals surface area contributed by atoms with Crippen LogP contribution in [0, 0.1) is 13.8 Å². The minimum Gasteiger partial charge on any atom is -0.324 e. The molecule has 0 aliphatic heterocycles. The summed E-state index contributed by atoms with van der Waals surface area (Å²) in [6.07, 6.45) is -4.44. The van der Waals surface area contributed by atoms with Crippen LogP contribution in [0.15, 0.2) is 54.6 Å². The largest absolute Gasteiger partial charge is 0.416 e. The van der Waals surface area contributed by atoms with E-state index < -0.39 is 17.6 Å². The summed E-state index contributed by atoms with van der Waals surface area (Å²) in [5.74, 6) is -0.0720. The average Bonchev–Trinajstić information content (AvgIpc) is 2.60. The smallest absolute Gasteiger partial charge is 0.324 e. The van der Waals surface area contributed by atoms with Gasteiger partial charge in [-0.05, 0) is 62.4 Å². The van der Waals surface area contributed by atoms with Crippen molar-refractivity contribution in [3.05, 3.63) is 77.1 Å². The maximum atomic E-state index is 12.6. The van der Waals surface area contributed by atoms with Gasteiger partial charge in [0, 0.05) is 28.3 Å². The van der Waals surface area contributed by atoms with Gasteiger partial charge in [-0.2, -0.15) is 13.2 Å². The lowest BCUT2D eigenvalue weighted by molar-refractivity contribution is -0.137. The normalized spacial score (nSPS) is 11.2. The third-order valence-electron chi connectivity index (χ3n) is 3.83. The number of carbonyl (C=O) groups is 1. The van der Waals surface area contributed by atoms with Gasteiger partial charge in [-0.25, -0.2) is 9.97 Å². The summed E-state index contributed by atoms with van der Waals surface area (Å²) in [5, 5.41) is 5.73. The van der Waals surface area contributed by atoms with Crippen molar-refractivity contribution >= 4 is 23.2 Å². The van der Waals surface area contributed by atoms with Gasteiger partial charge in [-0.3, -0.25) is 4.79 Å². The van der Waals surface area contributed by atoms with Crippen LogP contribution in [0.4, 0.5) is 30.5 Å². The van der Waals surface area contributed by atoms with Crippen molar-refractivity contribution in [2.75, 3.05) is 10.6 Å². The third kappa shape index (κ3) is 4.85. The number of amides is 1. The first-order chi connectivity index (χ1) is 13.2. The molecule has 0 radical (unpaired) electrons. The predicted octanol–water partition coefficient (Wildman–Crippen LogP) is 5.11. The van der Waals surface area contributed by atoms with Gasteiger partial charge in [0.05, 0.1) is 5.56 Å². The molecule has 0 spiro atoms. The van der Waals surface area contributed by atoms with E-state index in [1.807, 2.05) is 19.9 Å². The number of benzene rings is 2. The minimum absolute atomic E-state index is 0.129. The van der Waals surface area contributed by atoms with Crippen molar-refractivity contribution in [2.45, 2.75) is 20.0 Å². The van der Waals surface area contributed by atoms with Crippen LogP contribution in [0.25, 0.3) is 0 Å². The SMILES string of the molecule is Cc1cc(C)nc(Nc2cccc(NC(=O)c3ccc(C(F)(F)F)cc3)c2)n1. The van der Waals surface area contributed by atoms with Gasteiger partial charge < -0.3 is 10.6 Å². The zero-order chi connectivity index (χ0) is 20.3. The van der Waals surface area contributed by atoms with E-state index in [0.717, 1.165) is 35.7 Å². The fourth-order valence-electron chi connectivity index (χ4n) is 2.60. The van der Waals surface area contributed by atoms with E-state index >= 15 is 0 Å². The molecule has 2 N–H and O–H groups in total. The fourth-order valence-corrected chi connectivity index (χ4v) is 2.60. The molecule has 8 heteroatoms. The molecule has 3 rings (SSSR count). The molecule has 28 heavy (non-hydrogen) atoms. The van der Waals surface area contributed by atoms with Crippen molar-refractivity contribution in [2.24, 2.45) is 0 Å². The van der Waals surface area contributed by atoms with Crippen LogP contribution in [-0.2, 0) is 6.18 Å². The molecule has 0 aliphatic rings. The highest BCUT2D eigenvalue weighted by Gasteiger charge is 2.30. The Morgan fingerprint density at radius 3 is 2.11 bits per heavy atom. The summed E-state index contributed by atoms with van der Waals surface area (Å²) in [4.78, 5) is 20.9. The molecule has 0 saturated heterocycles. The van der Waals surface area contributed by atoms with E-state index in [0.29, 0.717) is 17.3 Å². The maximum Gasteiger partial charge on any atom is 0.416 e. The van der Waals surface area contributed by atoms with Crippen LogP contribution in [0.5, 0.6) is 0 Å². The number of anilines is 3. The second-order valence-corrected chi connectivity index (χ2v) is 6.21. The number of rotatable bonds is 4. The number of alkyl halides is 3. The lowest BCUT2D eigenvalue weighted by atomic mass is 10.1. The highest BCUT2D eigenvalue weighted by atomic mass is 19.4. The van der Waals surface area contributed by atoms with Gasteiger partial charge in [0.2, 0.25) is 5.95 Å². The Morgan fingerprint density at radius 2 is 1.50 bits per heavy atom. The van der Waals surface area contributed by atoms with Gasteiger partial charge in [-0.1, -0.05) is 6.07 Å². The lowest BCUT2D eigenvalue weighted by Gasteiger charge is -2.10. The van der Waals surface area contributed by atoms with E-state index in [2.05, 4.69) is 20.6 Å². The lowest BCUT2D eigenvalue weighted by Crippen LogP contribution is -2.13. The van der Waals surface area contributed by atoms with Gasteiger partial charge >= 0.3 is 6.18 Å². The number of carbonyl (C=O) groups excluding carboxylic acids is 1. The Labute approximate surface area is 159 Å². The third-order valence-corrected chi connectivity index (χ3v) is 3.83. The van der Waals surface area contributed by atoms with Crippen LogP contribution in [-0.4, -0.2) is 15.9 Å². The zero-order valence-electron chi connectivity index (χ0n) is 15.1. The molecule has 1 aromatic heterocycles. The first kappa shape index (κ1) is 19.3. The van der Waals surface area contributed by atoms with Gasteiger partial charge in [0.15, 0.2) is 0 Å². The quantitative estimate of drug-likeness (QED) is 0.654. The van der Waals surface area contributed by atoms with Crippen LogP contribution in [0.1, 0.15) is 27.3 Å². The van der Waals surface area contributed by atoms with Crippen molar-refractivity contribution in [3.63, 3.8) is 0 Å². The number of aryl methyl sites for hydroxylation is 2. The molecule has 3 aromatic rings. The first-order valence-electron chi connectivity index (χ1n) is 8.39. The Hall–Kier alpha value is -3.42. The Bertz CT molecular complexity index is 981. The molecule has 1 heterocycles. The average molecular weight is 386 g/mol. The van der Waals surface area contributed by atoms with Crippen molar-refractivity contribution in [3.8, 4) is 0 Å². The van der Waals surface area contributed by atoms with Crippen molar-refractivity contribution in [1.82, 2.24) is 9.97 Å². The van der Waals surface area contributed by atoms with Crippen LogP contribution >= 0.6 is 0 Å². The molecule has 2 aromatic carbocycles. The van der Waals surface area contributed by atoms with Gasteiger partial charge in [0.25, 0.3) is 5.91 Å². The first-order valence-corrected chi connectivity index (χ1v) is 8.39. The molecular weight excluding hydrogens is 369 g/mol. The molecule has 0 saturated carbocycles. The van der Waals surface area contributed by atoms with Crippen molar-refractivity contribution in [1.29, 1.82) is 0 Å². The minimum atomic E-state index is -4.44. The predicted molar refractivity (Wildman–Crippen MR) is 101 cm³/mol. The molecular formula is C20H17F3N4O. The van der Waals surface area contributed by atoms with Crippen LogP contribution in [0.3, 0.4) is 0 Å². The Morgan fingerprint density at radius 1 is 0.893 bits per heavy atom. The van der Waals surface area contributed by atoms with Gasteiger partial charge in [-0.15, -0.1) is 0 Å². The molecule has 5 nitrogen and oxygen atoms in total. The Balaban J connectivity index is 1.72. The van der Waals surface area contributed by atoms with E-state index in [4.69, 9.17) is 0 Å². The van der Waals surface area contributed by atoms with E-state index in [9.17, 15) is 18.0 Å². The molecule has 0 fully saturated rings. The summed E-state index contributed by atoms with van der Waals surface area (Å²) in [5.41, 5.74) is 2.12. The van der Waals surface area contributed by atoms with E-state index in [-0.39, 0.29) is 5.56 Å². The number of halogens is 3. The zero-order valence-corrected chi connectivity index (χ0v) is 15.1. The second-order valence-electron chi connectivity index (χ2n) is 6.21. The molecule has 0 aliphatic carbocycles. The summed E-state index contributed by atoms with van der Waals surface area (Å²) in [7, 11) is 0. The molecule has 0 atom stereocenters. The number of aromatic nitrogens is 2. The van der Waals surface area contributed by atoms with Crippen LogP contribution in [0.2, 0.25) is 0 Å². The van der Waals surface area contributed by atoms with Crippen LogP contribution < -0.4 is 10.6 Å². The summed E-state index contributed by atoms with van der Waals surface area (Å²) < 4.78 is 37.9. The summed E-state index contributed by atoms with van der Waals surface area (Å²) >= 11 is 0. The monoisotopic (exact) mass is 386 g/mol. The maximum absolute atomic E-state index is 12.6. The topological polar surface area (TPSA) is 66.9 Å². The standard InChI is InChI=1S/C20H17F3N4O/c1-12-10-13(2)25-19(24-12)27-17-5-3-4-16(11-17)26-18(28)14-6-8-15(9-7-14)20(21,22)23/h3-11H,1-2H3,(H,26,28)(H,24,25,27). The molecule has 0 unspecified atom stereocenters. The fraction of sp³-hybridized carbons (Fsp3) is 0.150. The Kier molecular flexibility index (Phi) is 5.30. The number of hydrogen-bond donors (Lipinski definition) is 2. The molecule has 0 bridgehead atoms. The molecule has 144 valence electrons. The van der Waals surface area contributed by atoms with Crippen molar-refractivity contribution < 1.29 is 18.0 Å². The number of hydrogen-bond acceptors (Lipinski definition) is 4. The molecule has 1 amide bonds. The highest BCUT2D eigenvalue weighted by molar-refractivity contribution is 6.04. The highest BCUT2D eigenvalue weighted by Crippen LogP contribution is 2.29. The van der Waals surface area contributed by atoms with Gasteiger partial charge in [0.1, 0.15) is 0 Å². The van der Waals surface area contributed by atoms with E-state index in [1.54, 1.807) is 24.3 Å². The number of nitrogens with zero attached hydrogens (tertiary/aromatic N) is 2.